The average Bonchev–Trinajstić information content (AvgIpc) is 2.04. The highest BCUT2D eigenvalue weighted by Gasteiger charge is 1.99. The van der Waals surface area contributed by atoms with Gasteiger partial charge in [0.1, 0.15) is 5.75 Å². The summed E-state index contributed by atoms with van der Waals surface area (Å²) in [5.41, 5.74) is 1.54. The number of hydrogen-bond acceptors (Lipinski definition) is 2. The van der Waals surface area contributed by atoms with Crippen molar-refractivity contribution in [1.29, 1.82) is 5.26 Å². The maximum atomic E-state index is 9.01. The van der Waals surface area contributed by atoms with E-state index in [1.165, 1.54) is 6.07 Å². The van der Waals surface area contributed by atoms with E-state index in [0.29, 0.717) is 5.56 Å². The monoisotopic (exact) mass is 147 g/mol. The molecule has 0 amide bonds. The van der Waals surface area contributed by atoms with Crippen LogP contribution in [0.1, 0.15) is 18.1 Å². The first-order valence-electron chi connectivity index (χ1n) is 3.50. The SMILES string of the molecule is CCc1ccc(O)cc1C#N. The van der Waals surface area contributed by atoms with E-state index >= 15 is 0 Å². The molecule has 0 bridgehead atoms. The van der Waals surface area contributed by atoms with Crippen molar-refractivity contribution < 1.29 is 5.11 Å². The Labute approximate surface area is 65.7 Å². The Kier molecular flexibility index (Phi) is 2.12. The summed E-state index contributed by atoms with van der Waals surface area (Å²) >= 11 is 0. The molecule has 0 unspecified atom stereocenters. The molecule has 0 aliphatic carbocycles. The molecule has 0 fully saturated rings. The number of aryl methyl sites for hydroxylation is 1. The summed E-state index contributed by atoms with van der Waals surface area (Å²) in [5, 5.41) is 17.6. The highest BCUT2D eigenvalue weighted by molar-refractivity contribution is 5.42. The van der Waals surface area contributed by atoms with Crippen molar-refractivity contribution in [1.82, 2.24) is 0 Å². The second-order valence-corrected chi connectivity index (χ2v) is 2.31. The summed E-state index contributed by atoms with van der Waals surface area (Å²) in [6, 6.07) is 6.88. The Bertz CT molecular complexity index is 299. The molecule has 0 heterocycles. The van der Waals surface area contributed by atoms with Crippen LogP contribution in [0, 0.1) is 11.3 Å². The summed E-state index contributed by atoms with van der Waals surface area (Å²) in [7, 11) is 0. The summed E-state index contributed by atoms with van der Waals surface area (Å²) in [6.07, 6.45) is 0.823. The molecule has 1 aromatic rings. The fraction of sp³-hybridized carbons (Fsp3) is 0.222. The van der Waals surface area contributed by atoms with Crippen molar-refractivity contribution in [2.24, 2.45) is 0 Å². The number of hydrogen-bond donors (Lipinski definition) is 1. The third-order valence-corrected chi connectivity index (χ3v) is 1.59. The van der Waals surface area contributed by atoms with Crippen LogP contribution in [0.4, 0.5) is 0 Å². The minimum atomic E-state index is 0.152. The predicted molar refractivity (Wildman–Crippen MR) is 42.2 cm³/mol. The molecule has 0 aliphatic heterocycles. The van der Waals surface area contributed by atoms with Crippen molar-refractivity contribution >= 4 is 0 Å². The first-order valence-corrected chi connectivity index (χ1v) is 3.50. The Balaban J connectivity index is 3.19. The van der Waals surface area contributed by atoms with Crippen LogP contribution in [0.5, 0.6) is 5.75 Å². The van der Waals surface area contributed by atoms with E-state index < -0.39 is 0 Å². The van der Waals surface area contributed by atoms with Crippen LogP contribution in [0.25, 0.3) is 0 Å². The molecule has 2 nitrogen and oxygen atoms in total. The molecule has 1 N–H and O–H groups in total. The minimum absolute atomic E-state index is 0.152. The van der Waals surface area contributed by atoms with Crippen molar-refractivity contribution in [2.75, 3.05) is 0 Å². The van der Waals surface area contributed by atoms with Crippen LogP contribution in [0.3, 0.4) is 0 Å². The largest absolute Gasteiger partial charge is 0.508 e. The first-order chi connectivity index (χ1) is 5.27. The molecular formula is C9H9NO. The lowest BCUT2D eigenvalue weighted by molar-refractivity contribution is 0.475. The van der Waals surface area contributed by atoms with Gasteiger partial charge < -0.3 is 5.11 Å². The van der Waals surface area contributed by atoms with Gasteiger partial charge in [-0.1, -0.05) is 13.0 Å². The molecule has 56 valence electrons. The lowest BCUT2D eigenvalue weighted by atomic mass is 10.1. The van der Waals surface area contributed by atoms with Crippen LogP contribution >= 0.6 is 0 Å². The number of benzene rings is 1. The summed E-state index contributed by atoms with van der Waals surface area (Å²) in [4.78, 5) is 0. The zero-order chi connectivity index (χ0) is 8.27. The van der Waals surface area contributed by atoms with E-state index in [2.05, 4.69) is 0 Å². The van der Waals surface area contributed by atoms with E-state index in [9.17, 15) is 0 Å². The van der Waals surface area contributed by atoms with Gasteiger partial charge in [-0.2, -0.15) is 5.26 Å². The molecule has 0 atom stereocenters. The molecule has 0 saturated heterocycles. The maximum absolute atomic E-state index is 9.01. The van der Waals surface area contributed by atoms with Gasteiger partial charge >= 0.3 is 0 Å². The number of rotatable bonds is 1. The second-order valence-electron chi connectivity index (χ2n) is 2.31. The zero-order valence-electron chi connectivity index (χ0n) is 6.33. The van der Waals surface area contributed by atoms with Gasteiger partial charge in [-0.05, 0) is 24.1 Å². The predicted octanol–water partition coefficient (Wildman–Crippen LogP) is 1.83. The van der Waals surface area contributed by atoms with Crippen LogP contribution < -0.4 is 0 Å². The van der Waals surface area contributed by atoms with Crippen LogP contribution in [-0.4, -0.2) is 5.11 Å². The fourth-order valence-corrected chi connectivity index (χ4v) is 0.977. The average molecular weight is 147 g/mol. The van der Waals surface area contributed by atoms with E-state index in [4.69, 9.17) is 10.4 Å². The molecule has 1 aromatic carbocycles. The molecule has 0 aliphatic rings. The lowest BCUT2D eigenvalue weighted by Crippen LogP contribution is -1.85. The number of nitrogens with zero attached hydrogens (tertiary/aromatic N) is 1. The Morgan fingerprint density at radius 2 is 2.27 bits per heavy atom. The van der Waals surface area contributed by atoms with E-state index in [1.807, 2.05) is 13.0 Å². The number of phenols is 1. The molecule has 0 aromatic heterocycles. The van der Waals surface area contributed by atoms with Gasteiger partial charge in [-0.15, -0.1) is 0 Å². The molecular weight excluding hydrogens is 138 g/mol. The Morgan fingerprint density at radius 3 is 2.82 bits per heavy atom. The van der Waals surface area contributed by atoms with Gasteiger partial charge in [0.15, 0.2) is 0 Å². The first kappa shape index (κ1) is 7.62. The molecule has 11 heavy (non-hydrogen) atoms. The second kappa shape index (κ2) is 3.07. The van der Waals surface area contributed by atoms with Gasteiger partial charge in [-0.25, -0.2) is 0 Å². The molecule has 2 heteroatoms. The zero-order valence-corrected chi connectivity index (χ0v) is 6.33. The quantitative estimate of drug-likeness (QED) is 0.658. The standard InChI is InChI=1S/C9H9NO/c1-2-7-3-4-9(11)5-8(7)6-10/h3-5,11H,2H2,1H3. The number of nitriles is 1. The van der Waals surface area contributed by atoms with Crippen molar-refractivity contribution in [3.63, 3.8) is 0 Å². The Hall–Kier alpha value is -1.49. The van der Waals surface area contributed by atoms with Gasteiger partial charge in [0, 0.05) is 0 Å². The van der Waals surface area contributed by atoms with Crippen molar-refractivity contribution in [3.05, 3.63) is 29.3 Å². The molecule has 0 saturated carbocycles. The summed E-state index contributed by atoms with van der Waals surface area (Å²) in [6.45, 7) is 1.98. The highest BCUT2D eigenvalue weighted by atomic mass is 16.3. The van der Waals surface area contributed by atoms with E-state index in [0.717, 1.165) is 12.0 Å². The third kappa shape index (κ3) is 1.50. The van der Waals surface area contributed by atoms with Crippen molar-refractivity contribution in [3.8, 4) is 11.8 Å². The minimum Gasteiger partial charge on any atom is -0.508 e. The topological polar surface area (TPSA) is 44.0 Å². The molecule has 0 radical (unpaired) electrons. The van der Waals surface area contributed by atoms with E-state index in [1.54, 1.807) is 12.1 Å². The lowest BCUT2D eigenvalue weighted by Gasteiger charge is -1.99. The Morgan fingerprint density at radius 1 is 1.55 bits per heavy atom. The number of aromatic hydroxyl groups is 1. The third-order valence-electron chi connectivity index (χ3n) is 1.59. The van der Waals surface area contributed by atoms with Crippen molar-refractivity contribution in [2.45, 2.75) is 13.3 Å². The smallest absolute Gasteiger partial charge is 0.116 e. The van der Waals surface area contributed by atoms with Gasteiger partial charge in [0.2, 0.25) is 0 Å². The van der Waals surface area contributed by atoms with Crippen LogP contribution in [-0.2, 0) is 6.42 Å². The fourth-order valence-electron chi connectivity index (χ4n) is 0.977. The van der Waals surface area contributed by atoms with Crippen LogP contribution in [0.15, 0.2) is 18.2 Å². The normalized spacial score (nSPS) is 9.09. The van der Waals surface area contributed by atoms with Gasteiger partial charge in [-0.3, -0.25) is 0 Å². The number of phenolic OH excluding ortho intramolecular Hbond substituents is 1. The summed E-state index contributed by atoms with van der Waals surface area (Å²) < 4.78 is 0. The van der Waals surface area contributed by atoms with Gasteiger partial charge in [0.05, 0.1) is 11.6 Å². The molecule has 1 rings (SSSR count). The maximum Gasteiger partial charge on any atom is 0.116 e. The highest BCUT2D eigenvalue weighted by Crippen LogP contribution is 2.15. The van der Waals surface area contributed by atoms with Gasteiger partial charge in [0.25, 0.3) is 0 Å². The van der Waals surface area contributed by atoms with Crippen LogP contribution in [0.2, 0.25) is 0 Å². The summed E-state index contributed by atoms with van der Waals surface area (Å²) in [5.74, 6) is 0.152. The van der Waals surface area contributed by atoms with E-state index in [-0.39, 0.29) is 5.75 Å². The molecule has 0 spiro atoms.